The van der Waals surface area contributed by atoms with Gasteiger partial charge in [-0.25, -0.2) is 0 Å². The summed E-state index contributed by atoms with van der Waals surface area (Å²) in [5.41, 5.74) is 3.30. The van der Waals surface area contributed by atoms with Crippen LogP contribution in [0.5, 0.6) is 11.5 Å². The van der Waals surface area contributed by atoms with Crippen LogP contribution >= 0.6 is 23.2 Å². The lowest BCUT2D eigenvalue weighted by Crippen LogP contribution is -2.20. The summed E-state index contributed by atoms with van der Waals surface area (Å²) in [5.74, 6) is 1.10. The molecule has 2 aromatic rings. The van der Waals surface area contributed by atoms with E-state index in [4.69, 9.17) is 42.1 Å². The summed E-state index contributed by atoms with van der Waals surface area (Å²) >= 11 is 12.9. The van der Waals surface area contributed by atoms with Crippen LogP contribution < -0.4 is 9.47 Å². The van der Waals surface area contributed by atoms with Gasteiger partial charge < -0.3 is 24.1 Å². The van der Waals surface area contributed by atoms with E-state index in [1.165, 1.54) is 14.2 Å². The second-order valence-electron chi connectivity index (χ2n) is 8.33. The zero-order valence-corrected chi connectivity index (χ0v) is 21.8. The first-order valence-corrected chi connectivity index (χ1v) is 12.5. The normalized spacial score (nSPS) is 15.3. The highest BCUT2D eigenvalue weighted by Gasteiger charge is 2.25. The first-order chi connectivity index (χ1) is 17.0. The smallest absolute Gasteiger partial charge is 0.160 e. The van der Waals surface area contributed by atoms with Crippen LogP contribution in [0.1, 0.15) is 59.7 Å². The number of benzene rings is 2. The molecular weight excluding hydrogens is 491 g/mol. The number of hydrogen-bond acceptors (Lipinski definition) is 6. The third-order valence-corrected chi connectivity index (χ3v) is 6.77. The largest absolute Gasteiger partial charge is 0.495 e. The monoisotopic (exact) mass is 522 g/mol. The fourth-order valence-corrected chi connectivity index (χ4v) is 5.06. The Labute approximate surface area is 216 Å². The molecule has 0 spiro atoms. The van der Waals surface area contributed by atoms with Gasteiger partial charge in [0.1, 0.15) is 11.5 Å². The molecule has 0 bridgehead atoms. The highest BCUT2D eigenvalue weighted by atomic mass is 35.5. The van der Waals surface area contributed by atoms with Gasteiger partial charge in [-0.1, -0.05) is 36.2 Å². The first kappa shape index (κ1) is 27.5. The van der Waals surface area contributed by atoms with Crippen LogP contribution in [-0.4, -0.2) is 45.1 Å². The molecule has 190 valence electrons. The van der Waals surface area contributed by atoms with Gasteiger partial charge in [0.2, 0.25) is 0 Å². The fourth-order valence-electron chi connectivity index (χ4n) is 4.44. The number of halogens is 2. The van der Waals surface area contributed by atoms with Crippen LogP contribution in [0.2, 0.25) is 10.0 Å². The molecule has 1 aliphatic rings. The SMILES string of the molecule is CCC(CCC/C=C(\c1cc(Cl)c(OC)c(C=O)c1)c1cc(Cl)c(OC)c(CO)c1)C1OCCO1. The van der Waals surface area contributed by atoms with Crippen LogP contribution in [0, 0.1) is 5.92 Å². The highest BCUT2D eigenvalue weighted by Crippen LogP contribution is 2.38. The number of allylic oxidation sites excluding steroid dienone is 1. The number of aliphatic hydroxyl groups excluding tert-OH is 1. The van der Waals surface area contributed by atoms with E-state index >= 15 is 0 Å². The number of aliphatic hydroxyl groups is 1. The molecule has 1 N–H and O–H groups in total. The molecule has 0 amide bonds. The van der Waals surface area contributed by atoms with Gasteiger partial charge in [0.15, 0.2) is 12.6 Å². The van der Waals surface area contributed by atoms with Gasteiger partial charge in [0.05, 0.1) is 49.6 Å². The van der Waals surface area contributed by atoms with Gasteiger partial charge >= 0.3 is 0 Å². The number of ether oxygens (including phenoxy) is 4. The van der Waals surface area contributed by atoms with Crippen LogP contribution in [-0.2, 0) is 16.1 Å². The van der Waals surface area contributed by atoms with Gasteiger partial charge in [0.25, 0.3) is 0 Å². The average Bonchev–Trinajstić information content (AvgIpc) is 3.40. The maximum absolute atomic E-state index is 11.7. The summed E-state index contributed by atoms with van der Waals surface area (Å²) in [6.45, 7) is 3.21. The van der Waals surface area contributed by atoms with Crippen molar-refractivity contribution in [3.05, 3.63) is 62.6 Å². The molecule has 35 heavy (non-hydrogen) atoms. The fraction of sp³-hybridized carbons (Fsp3) is 0.444. The Hall–Kier alpha value is -2.09. The molecule has 1 unspecified atom stereocenters. The maximum atomic E-state index is 11.7. The predicted octanol–water partition coefficient (Wildman–Crippen LogP) is 6.32. The topological polar surface area (TPSA) is 74.2 Å². The molecule has 1 aliphatic heterocycles. The molecular formula is C27H32Cl2O6. The predicted molar refractivity (Wildman–Crippen MR) is 138 cm³/mol. The summed E-state index contributed by atoms with van der Waals surface area (Å²) in [6.07, 6.45) is 6.33. The summed E-state index contributed by atoms with van der Waals surface area (Å²) in [7, 11) is 2.99. The molecule has 8 heteroatoms. The van der Waals surface area contributed by atoms with Crippen LogP contribution in [0.15, 0.2) is 30.3 Å². The Kier molecular flexibility index (Phi) is 10.4. The molecule has 3 rings (SSSR count). The maximum Gasteiger partial charge on any atom is 0.160 e. The van der Waals surface area contributed by atoms with Crippen molar-refractivity contribution in [2.45, 2.75) is 45.5 Å². The minimum Gasteiger partial charge on any atom is -0.495 e. The van der Waals surface area contributed by atoms with E-state index in [9.17, 15) is 9.90 Å². The van der Waals surface area contributed by atoms with E-state index in [1.54, 1.807) is 18.2 Å². The molecule has 1 atom stereocenters. The third kappa shape index (κ3) is 6.57. The van der Waals surface area contributed by atoms with E-state index < -0.39 is 0 Å². The lowest BCUT2D eigenvalue weighted by Gasteiger charge is -2.20. The third-order valence-electron chi connectivity index (χ3n) is 6.20. The number of hydrogen-bond donors (Lipinski definition) is 1. The zero-order chi connectivity index (χ0) is 25.4. The van der Waals surface area contributed by atoms with Gasteiger partial charge in [-0.05, 0) is 66.6 Å². The van der Waals surface area contributed by atoms with Gasteiger partial charge in [-0.2, -0.15) is 0 Å². The van der Waals surface area contributed by atoms with Crippen molar-refractivity contribution in [1.29, 1.82) is 0 Å². The Bertz CT molecular complexity index is 1050. The van der Waals surface area contributed by atoms with Gasteiger partial charge in [0, 0.05) is 11.5 Å². The van der Waals surface area contributed by atoms with Crippen molar-refractivity contribution in [2.75, 3.05) is 27.4 Å². The molecule has 6 nitrogen and oxygen atoms in total. The van der Waals surface area contributed by atoms with Crippen molar-refractivity contribution in [3.63, 3.8) is 0 Å². The minimum atomic E-state index is -0.230. The molecule has 1 fully saturated rings. The Morgan fingerprint density at radius 1 is 1.09 bits per heavy atom. The molecule has 0 saturated carbocycles. The van der Waals surface area contributed by atoms with Crippen molar-refractivity contribution in [1.82, 2.24) is 0 Å². The second-order valence-corrected chi connectivity index (χ2v) is 9.15. The second kappa shape index (κ2) is 13.3. The number of carbonyl (C=O) groups excluding carboxylic acids is 1. The molecule has 0 aromatic heterocycles. The van der Waals surface area contributed by atoms with Crippen molar-refractivity contribution in [2.24, 2.45) is 5.92 Å². The number of methoxy groups -OCH3 is 2. The van der Waals surface area contributed by atoms with E-state index in [-0.39, 0.29) is 12.9 Å². The van der Waals surface area contributed by atoms with Crippen molar-refractivity contribution in [3.8, 4) is 11.5 Å². The Morgan fingerprint density at radius 2 is 1.71 bits per heavy atom. The van der Waals surface area contributed by atoms with Crippen molar-refractivity contribution >= 4 is 35.1 Å². The molecule has 2 aromatic carbocycles. The van der Waals surface area contributed by atoms with E-state index in [0.29, 0.717) is 51.8 Å². The van der Waals surface area contributed by atoms with Gasteiger partial charge in [-0.15, -0.1) is 0 Å². The minimum absolute atomic E-state index is 0.133. The lowest BCUT2D eigenvalue weighted by molar-refractivity contribution is -0.0866. The zero-order valence-electron chi connectivity index (χ0n) is 20.3. The van der Waals surface area contributed by atoms with Crippen LogP contribution in [0.25, 0.3) is 5.57 Å². The lowest BCUT2D eigenvalue weighted by atomic mass is 9.92. The van der Waals surface area contributed by atoms with Crippen LogP contribution in [0.3, 0.4) is 0 Å². The molecule has 0 aliphatic carbocycles. The standard InChI is InChI=1S/C27H32Cl2O6/c1-4-17(27-34-9-10-35-27)7-5-6-8-22(18-11-20(15-30)25(32-2)23(28)13-18)19-12-21(16-31)26(33-3)24(29)14-19/h8,11-15,17,27,31H,4-7,9-10,16H2,1-3H3/b22-8+. The highest BCUT2D eigenvalue weighted by molar-refractivity contribution is 6.33. The summed E-state index contributed by atoms with van der Waals surface area (Å²) in [4.78, 5) is 11.7. The van der Waals surface area contributed by atoms with E-state index in [2.05, 4.69) is 13.0 Å². The summed E-state index contributed by atoms with van der Waals surface area (Å²) in [5, 5.41) is 10.6. The first-order valence-electron chi connectivity index (χ1n) is 11.7. The van der Waals surface area contributed by atoms with Crippen LogP contribution in [0.4, 0.5) is 0 Å². The quantitative estimate of drug-likeness (QED) is 0.259. The summed E-state index contributed by atoms with van der Waals surface area (Å²) < 4.78 is 22.1. The summed E-state index contributed by atoms with van der Waals surface area (Å²) in [6, 6.07) is 7.14. The Balaban J connectivity index is 1.97. The van der Waals surface area contributed by atoms with Crippen molar-refractivity contribution < 1.29 is 28.8 Å². The van der Waals surface area contributed by atoms with E-state index in [0.717, 1.165) is 48.7 Å². The Morgan fingerprint density at radius 3 is 2.29 bits per heavy atom. The number of rotatable bonds is 12. The number of aldehydes is 1. The number of carbonyl (C=O) groups is 1. The average molecular weight is 523 g/mol. The molecule has 0 radical (unpaired) electrons. The van der Waals surface area contributed by atoms with Gasteiger partial charge in [-0.3, -0.25) is 4.79 Å². The van der Waals surface area contributed by atoms with E-state index in [1.807, 2.05) is 6.07 Å². The molecule has 1 saturated heterocycles. The number of unbranched alkanes of at least 4 members (excludes halogenated alkanes) is 1. The molecule has 1 heterocycles.